The summed E-state index contributed by atoms with van der Waals surface area (Å²) in [5.74, 6) is -1.70. The molecule has 11 heavy (non-hydrogen) atoms. The van der Waals surface area contributed by atoms with E-state index in [2.05, 4.69) is 0 Å². The monoisotopic (exact) mass is 186 g/mol. The molecule has 1 saturated heterocycles. The van der Waals surface area contributed by atoms with Gasteiger partial charge >= 0.3 is 57.4 Å². The fourth-order valence-corrected chi connectivity index (χ4v) is 0.809. The van der Waals surface area contributed by atoms with E-state index in [1.165, 1.54) is 0 Å². The number of carbonyl (C=O) groups is 1. The molecule has 1 rings (SSSR count). The third kappa shape index (κ3) is 3.50. The van der Waals surface area contributed by atoms with Gasteiger partial charge in [0.1, 0.15) is 0 Å². The zero-order chi connectivity index (χ0) is 7.78. The van der Waals surface area contributed by atoms with Crippen LogP contribution < -0.4 is 0 Å². The Kier molecular flexibility index (Phi) is 4.72. The van der Waals surface area contributed by atoms with Crippen molar-refractivity contribution in [3.05, 3.63) is 0 Å². The van der Waals surface area contributed by atoms with Crippen LogP contribution in [-0.2, 0) is 14.3 Å². The first kappa shape index (κ1) is 12.0. The summed E-state index contributed by atoms with van der Waals surface area (Å²) in [4.78, 5) is 10.3. The molecular formula is C6H11KO4. The van der Waals surface area contributed by atoms with E-state index in [9.17, 15) is 4.79 Å². The van der Waals surface area contributed by atoms with Gasteiger partial charge in [-0.2, -0.15) is 0 Å². The Bertz CT molecular complexity index is 157. The summed E-state index contributed by atoms with van der Waals surface area (Å²) in [6.45, 7) is 3.52. The van der Waals surface area contributed by atoms with Gasteiger partial charge in [0.25, 0.3) is 0 Å². The molecule has 1 aliphatic heterocycles. The van der Waals surface area contributed by atoms with Crippen LogP contribution in [0.1, 0.15) is 13.8 Å². The van der Waals surface area contributed by atoms with E-state index in [1.807, 2.05) is 0 Å². The molecule has 0 aromatic rings. The van der Waals surface area contributed by atoms with E-state index in [4.69, 9.17) is 14.6 Å². The van der Waals surface area contributed by atoms with Gasteiger partial charge in [-0.3, -0.25) is 0 Å². The van der Waals surface area contributed by atoms with Gasteiger partial charge in [-0.1, -0.05) is 0 Å². The molecule has 0 spiro atoms. The van der Waals surface area contributed by atoms with Gasteiger partial charge in [0.05, 0.1) is 6.61 Å². The van der Waals surface area contributed by atoms with Crippen LogP contribution in [0.2, 0.25) is 0 Å². The van der Waals surface area contributed by atoms with Gasteiger partial charge in [-0.05, 0) is 13.8 Å². The SMILES string of the molecule is CC1(C)OCC(C(=O)O)O1.[KH]. The van der Waals surface area contributed by atoms with E-state index < -0.39 is 17.9 Å². The predicted molar refractivity (Wildman–Crippen MR) is 39.7 cm³/mol. The van der Waals surface area contributed by atoms with Crippen molar-refractivity contribution in [2.75, 3.05) is 6.61 Å². The molecule has 0 radical (unpaired) electrons. The molecule has 0 aliphatic carbocycles. The minimum atomic E-state index is -0.967. The van der Waals surface area contributed by atoms with E-state index in [0.717, 1.165) is 0 Å². The van der Waals surface area contributed by atoms with Gasteiger partial charge in [-0.15, -0.1) is 0 Å². The van der Waals surface area contributed by atoms with Crippen molar-refractivity contribution < 1.29 is 19.4 Å². The number of aliphatic carboxylic acids is 1. The fourth-order valence-electron chi connectivity index (χ4n) is 0.809. The number of carboxylic acids is 1. The molecule has 4 nitrogen and oxygen atoms in total. The topological polar surface area (TPSA) is 55.8 Å². The van der Waals surface area contributed by atoms with Crippen molar-refractivity contribution in [3.63, 3.8) is 0 Å². The second kappa shape index (κ2) is 4.32. The van der Waals surface area contributed by atoms with Crippen molar-refractivity contribution in [2.45, 2.75) is 25.7 Å². The zero-order valence-electron chi connectivity index (χ0n) is 5.96. The summed E-state index contributed by atoms with van der Waals surface area (Å²) in [5, 5.41) is 8.44. The molecule has 60 valence electrons. The van der Waals surface area contributed by atoms with Crippen LogP contribution in [0.4, 0.5) is 0 Å². The predicted octanol–water partition coefficient (Wildman–Crippen LogP) is -0.426. The van der Waals surface area contributed by atoms with Crippen molar-refractivity contribution in [2.24, 2.45) is 0 Å². The normalized spacial score (nSPS) is 27.6. The number of rotatable bonds is 1. The zero-order valence-corrected chi connectivity index (χ0v) is 5.96. The first-order valence-corrected chi connectivity index (χ1v) is 3.06. The average Bonchev–Trinajstić information content (AvgIpc) is 2.10. The maximum atomic E-state index is 10.3. The Balaban J connectivity index is 0.000001000. The van der Waals surface area contributed by atoms with Crippen LogP contribution in [0.25, 0.3) is 0 Å². The molecule has 0 amide bonds. The molecule has 0 aromatic heterocycles. The van der Waals surface area contributed by atoms with E-state index in [1.54, 1.807) is 13.8 Å². The summed E-state index contributed by atoms with van der Waals surface area (Å²) < 4.78 is 10.00. The van der Waals surface area contributed by atoms with Gasteiger partial charge in [-0.25, -0.2) is 4.79 Å². The van der Waals surface area contributed by atoms with Gasteiger partial charge in [0.15, 0.2) is 11.9 Å². The van der Waals surface area contributed by atoms with E-state index in [0.29, 0.717) is 0 Å². The maximum absolute atomic E-state index is 10.3. The Hall–Kier alpha value is 1.03. The molecular weight excluding hydrogens is 175 g/mol. The fraction of sp³-hybridized carbons (Fsp3) is 0.833. The average molecular weight is 186 g/mol. The molecule has 1 unspecified atom stereocenters. The van der Waals surface area contributed by atoms with Crippen molar-refractivity contribution in [3.8, 4) is 0 Å². The number of hydrogen-bond donors (Lipinski definition) is 1. The third-order valence-corrected chi connectivity index (χ3v) is 1.28. The van der Waals surface area contributed by atoms with Crippen molar-refractivity contribution in [1.29, 1.82) is 0 Å². The second-order valence-corrected chi connectivity index (χ2v) is 2.66. The Morgan fingerprint density at radius 1 is 1.64 bits per heavy atom. The Labute approximate surface area is 108 Å². The molecule has 1 N–H and O–H groups in total. The Morgan fingerprint density at radius 2 is 2.18 bits per heavy atom. The molecule has 1 fully saturated rings. The van der Waals surface area contributed by atoms with Crippen LogP contribution in [0.5, 0.6) is 0 Å². The number of carboxylic acid groups (broad SMARTS) is 1. The molecule has 1 atom stereocenters. The Morgan fingerprint density at radius 3 is 2.36 bits per heavy atom. The molecule has 0 aromatic carbocycles. The molecule has 5 heteroatoms. The van der Waals surface area contributed by atoms with E-state index in [-0.39, 0.29) is 58.0 Å². The third-order valence-electron chi connectivity index (χ3n) is 1.28. The second-order valence-electron chi connectivity index (χ2n) is 2.66. The molecule has 1 heterocycles. The summed E-state index contributed by atoms with van der Waals surface area (Å²) >= 11 is 0. The quantitative estimate of drug-likeness (QED) is 0.565. The summed E-state index contributed by atoms with van der Waals surface area (Å²) in [5.41, 5.74) is 0. The van der Waals surface area contributed by atoms with Gasteiger partial charge in [0.2, 0.25) is 0 Å². The van der Waals surface area contributed by atoms with Crippen molar-refractivity contribution in [1.82, 2.24) is 0 Å². The number of hydrogen-bond acceptors (Lipinski definition) is 3. The molecule has 0 saturated carbocycles. The summed E-state index contributed by atoms with van der Waals surface area (Å²) in [6.07, 6.45) is -0.796. The van der Waals surface area contributed by atoms with Gasteiger partial charge < -0.3 is 14.6 Å². The molecule has 0 bridgehead atoms. The van der Waals surface area contributed by atoms with Crippen LogP contribution in [0, 0.1) is 0 Å². The van der Waals surface area contributed by atoms with Crippen LogP contribution in [-0.4, -0.2) is 81.0 Å². The van der Waals surface area contributed by atoms with Gasteiger partial charge in [0, 0.05) is 0 Å². The number of ether oxygens (including phenoxy) is 2. The molecule has 1 aliphatic rings. The van der Waals surface area contributed by atoms with Crippen LogP contribution in [0.3, 0.4) is 0 Å². The van der Waals surface area contributed by atoms with Crippen LogP contribution >= 0.6 is 0 Å². The first-order chi connectivity index (χ1) is 4.51. The van der Waals surface area contributed by atoms with Crippen molar-refractivity contribution >= 4 is 57.4 Å². The van der Waals surface area contributed by atoms with E-state index >= 15 is 0 Å². The minimum absolute atomic E-state index is 0. The summed E-state index contributed by atoms with van der Waals surface area (Å²) in [7, 11) is 0. The van der Waals surface area contributed by atoms with Crippen LogP contribution in [0.15, 0.2) is 0 Å². The summed E-state index contributed by atoms with van der Waals surface area (Å²) in [6, 6.07) is 0. The first-order valence-electron chi connectivity index (χ1n) is 3.06. The standard InChI is InChI=1S/C6H10O4.K.H/c1-6(2)9-3-4(10-6)5(7)8;;/h4H,3H2,1-2H3,(H,7,8);;.